The number of thiophene rings is 1. The summed E-state index contributed by atoms with van der Waals surface area (Å²) in [5.74, 6) is 0.488. The number of benzene rings is 1. The SMILES string of the molecule is O=C(NCCN1CCC(c2cccs2)CC1)c1ccc(S(=O)(=O)N2CCOCC2)cc1. The third-order valence-electron chi connectivity index (χ3n) is 5.97. The van der Waals surface area contributed by atoms with E-state index in [1.165, 1.54) is 21.3 Å². The van der Waals surface area contributed by atoms with Crippen LogP contribution in [0.25, 0.3) is 0 Å². The molecule has 0 unspecified atom stereocenters. The van der Waals surface area contributed by atoms with Crippen molar-refractivity contribution in [3.8, 4) is 0 Å². The number of carbonyl (C=O) groups excluding carboxylic acids is 1. The first-order chi connectivity index (χ1) is 15.0. The van der Waals surface area contributed by atoms with Crippen LogP contribution in [0.2, 0.25) is 0 Å². The molecular formula is C22H29N3O4S2. The Morgan fingerprint density at radius 3 is 2.42 bits per heavy atom. The fourth-order valence-electron chi connectivity index (χ4n) is 4.11. The van der Waals surface area contributed by atoms with E-state index in [9.17, 15) is 13.2 Å². The molecule has 168 valence electrons. The third-order valence-corrected chi connectivity index (χ3v) is 8.92. The quantitative estimate of drug-likeness (QED) is 0.682. The van der Waals surface area contributed by atoms with Gasteiger partial charge in [0.05, 0.1) is 18.1 Å². The van der Waals surface area contributed by atoms with E-state index in [0.29, 0.717) is 44.3 Å². The van der Waals surface area contributed by atoms with Crippen LogP contribution in [-0.4, -0.2) is 76.0 Å². The molecule has 1 aromatic carbocycles. The van der Waals surface area contributed by atoms with Crippen LogP contribution < -0.4 is 5.32 Å². The number of amides is 1. The highest BCUT2D eigenvalue weighted by atomic mass is 32.2. The summed E-state index contributed by atoms with van der Waals surface area (Å²) in [6.45, 7) is 5.03. The number of hydrogen-bond donors (Lipinski definition) is 1. The third kappa shape index (κ3) is 5.53. The van der Waals surface area contributed by atoms with Crippen molar-refractivity contribution in [3.63, 3.8) is 0 Å². The normalized spacial score (nSPS) is 19.4. The molecule has 0 bridgehead atoms. The van der Waals surface area contributed by atoms with Gasteiger partial charge in [0.15, 0.2) is 0 Å². The zero-order valence-electron chi connectivity index (χ0n) is 17.5. The van der Waals surface area contributed by atoms with E-state index in [1.54, 1.807) is 12.1 Å². The van der Waals surface area contributed by atoms with Gasteiger partial charge in [-0.25, -0.2) is 8.42 Å². The van der Waals surface area contributed by atoms with Gasteiger partial charge in [0.1, 0.15) is 0 Å². The van der Waals surface area contributed by atoms with Gasteiger partial charge >= 0.3 is 0 Å². The Kier molecular flexibility index (Phi) is 7.39. The molecule has 1 aromatic heterocycles. The predicted octanol–water partition coefficient (Wildman–Crippen LogP) is 2.38. The van der Waals surface area contributed by atoms with E-state index >= 15 is 0 Å². The number of nitrogens with one attached hydrogen (secondary N) is 1. The standard InChI is InChI=1S/C22H29N3O4S2/c26-22(23-9-12-24-10-7-18(8-11-24)21-2-1-17-30-21)19-3-5-20(6-4-19)31(27,28)25-13-15-29-16-14-25/h1-6,17-18H,7-16H2,(H,23,26). The van der Waals surface area contributed by atoms with Gasteiger partial charge < -0.3 is 15.0 Å². The van der Waals surface area contributed by atoms with Gasteiger partial charge in [0.2, 0.25) is 10.0 Å². The van der Waals surface area contributed by atoms with Crippen LogP contribution in [0.5, 0.6) is 0 Å². The van der Waals surface area contributed by atoms with Crippen LogP contribution in [0, 0.1) is 0 Å². The summed E-state index contributed by atoms with van der Waals surface area (Å²) in [4.78, 5) is 16.5. The van der Waals surface area contributed by atoms with Crippen molar-refractivity contribution in [1.82, 2.24) is 14.5 Å². The highest BCUT2D eigenvalue weighted by Crippen LogP contribution is 2.30. The molecule has 0 spiro atoms. The number of piperidine rings is 1. The molecule has 31 heavy (non-hydrogen) atoms. The Morgan fingerprint density at radius 2 is 1.77 bits per heavy atom. The van der Waals surface area contributed by atoms with Gasteiger partial charge in [-0.2, -0.15) is 4.31 Å². The second kappa shape index (κ2) is 10.2. The average molecular weight is 464 g/mol. The highest BCUT2D eigenvalue weighted by molar-refractivity contribution is 7.89. The van der Waals surface area contributed by atoms with Gasteiger partial charge in [0.25, 0.3) is 5.91 Å². The minimum atomic E-state index is -3.54. The lowest BCUT2D eigenvalue weighted by Gasteiger charge is -2.31. The highest BCUT2D eigenvalue weighted by Gasteiger charge is 2.26. The van der Waals surface area contributed by atoms with Crippen molar-refractivity contribution in [2.75, 3.05) is 52.5 Å². The molecule has 2 fully saturated rings. The molecule has 0 saturated carbocycles. The summed E-state index contributed by atoms with van der Waals surface area (Å²) in [5.41, 5.74) is 0.470. The van der Waals surface area contributed by atoms with Crippen molar-refractivity contribution in [3.05, 3.63) is 52.2 Å². The van der Waals surface area contributed by atoms with Crippen molar-refractivity contribution >= 4 is 27.3 Å². The van der Waals surface area contributed by atoms with Crippen LogP contribution in [-0.2, 0) is 14.8 Å². The first-order valence-corrected chi connectivity index (χ1v) is 13.1. The number of carbonyl (C=O) groups is 1. The fourth-order valence-corrected chi connectivity index (χ4v) is 6.42. The van der Waals surface area contributed by atoms with E-state index < -0.39 is 10.0 Å². The largest absolute Gasteiger partial charge is 0.379 e. The zero-order chi connectivity index (χ0) is 21.7. The second-order valence-electron chi connectivity index (χ2n) is 7.93. The second-order valence-corrected chi connectivity index (χ2v) is 10.8. The summed E-state index contributed by atoms with van der Waals surface area (Å²) in [7, 11) is -3.54. The van der Waals surface area contributed by atoms with Gasteiger partial charge in [-0.05, 0) is 67.6 Å². The Hall–Kier alpha value is -1.78. The van der Waals surface area contributed by atoms with E-state index in [2.05, 4.69) is 27.7 Å². The van der Waals surface area contributed by atoms with Gasteiger partial charge in [-0.3, -0.25) is 4.79 Å². The van der Waals surface area contributed by atoms with E-state index in [0.717, 1.165) is 32.5 Å². The van der Waals surface area contributed by atoms with Crippen LogP contribution >= 0.6 is 11.3 Å². The van der Waals surface area contributed by atoms with Crippen LogP contribution in [0.15, 0.2) is 46.7 Å². The number of ether oxygens (including phenoxy) is 1. The summed E-state index contributed by atoms with van der Waals surface area (Å²) in [5, 5.41) is 5.09. The van der Waals surface area contributed by atoms with Crippen molar-refractivity contribution < 1.29 is 17.9 Å². The molecule has 9 heteroatoms. The smallest absolute Gasteiger partial charge is 0.251 e. The number of sulfonamides is 1. The summed E-state index contributed by atoms with van der Waals surface area (Å²) in [6.07, 6.45) is 2.32. The lowest BCUT2D eigenvalue weighted by molar-refractivity contribution is 0.0730. The summed E-state index contributed by atoms with van der Waals surface area (Å²) >= 11 is 1.84. The lowest BCUT2D eigenvalue weighted by Crippen LogP contribution is -2.40. The summed E-state index contributed by atoms with van der Waals surface area (Å²) in [6, 6.07) is 10.5. The monoisotopic (exact) mass is 463 g/mol. The molecule has 4 rings (SSSR count). The van der Waals surface area contributed by atoms with Gasteiger partial charge in [-0.15, -0.1) is 11.3 Å². The lowest BCUT2D eigenvalue weighted by atomic mass is 9.95. The molecule has 0 radical (unpaired) electrons. The molecule has 2 aliphatic heterocycles. The number of nitrogens with zero attached hydrogens (tertiary/aromatic N) is 2. The maximum atomic E-state index is 12.7. The van der Waals surface area contributed by atoms with Crippen molar-refractivity contribution in [1.29, 1.82) is 0 Å². The van der Waals surface area contributed by atoms with Crippen LogP contribution in [0.4, 0.5) is 0 Å². The molecule has 1 amide bonds. The van der Waals surface area contributed by atoms with E-state index in [4.69, 9.17) is 4.74 Å². The van der Waals surface area contributed by atoms with E-state index in [1.807, 2.05) is 11.3 Å². The van der Waals surface area contributed by atoms with E-state index in [-0.39, 0.29) is 10.8 Å². The minimum absolute atomic E-state index is 0.177. The molecule has 2 aliphatic rings. The minimum Gasteiger partial charge on any atom is -0.379 e. The fraction of sp³-hybridized carbons (Fsp3) is 0.500. The number of hydrogen-bond acceptors (Lipinski definition) is 6. The number of likely N-dealkylation sites (tertiary alicyclic amines) is 1. The predicted molar refractivity (Wildman–Crippen MR) is 121 cm³/mol. The number of morpholine rings is 1. The Labute approximate surface area is 188 Å². The van der Waals surface area contributed by atoms with Crippen molar-refractivity contribution in [2.24, 2.45) is 0 Å². The molecule has 0 aliphatic carbocycles. The maximum absolute atomic E-state index is 12.7. The first kappa shape index (κ1) is 22.4. The summed E-state index contributed by atoms with van der Waals surface area (Å²) < 4.78 is 32.0. The average Bonchev–Trinajstić information content (AvgIpc) is 3.35. The Morgan fingerprint density at radius 1 is 1.06 bits per heavy atom. The molecule has 7 nitrogen and oxygen atoms in total. The Bertz CT molecular complexity index is 947. The molecule has 2 aromatic rings. The van der Waals surface area contributed by atoms with Crippen LogP contribution in [0.1, 0.15) is 34.0 Å². The Balaban J connectivity index is 1.23. The van der Waals surface area contributed by atoms with Gasteiger partial charge in [0, 0.05) is 36.6 Å². The molecular weight excluding hydrogens is 434 g/mol. The topological polar surface area (TPSA) is 79.0 Å². The first-order valence-electron chi connectivity index (χ1n) is 10.8. The maximum Gasteiger partial charge on any atom is 0.251 e. The molecule has 2 saturated heterocycles. The number of rotatable bonds is 7. The van der Waals surface area contributed by atoms with Crippen molar-refractivity contribution in [2.45, 2.75) is 23.7 Å². The molecule has 0 atom stereocenters. The van der Waals surface area contributed by atoms with Gasteiger partial charge in [-0.1, -0.05) is 6.07 Å². The molecule has 1 N–H and O–H groups in total. The molecule has 3 heterocycles. The zero-order valence-corrected chi connectivity index (χ0v) is 19.2. The van der Waals surface area contributed by atoms with Crippen LogP contribution in [0.3, 0.4) is 0 Å².